The molecule has 1 aliphatic carbocycles. The highest BCUT2D eigenvalue weighted by molar-refractivity contribution is 7.22. The van der Waals surface area contributed by atoms with Gasteiger partial charge in [-0.2, -0.15) is 0 Å². The van der Waals surface area contributed by atoms with Crippen molar-refractivity contribution in [2.45, 2.75) is 25.7 Å². The van der Waals surface area contributed by atoms with E-state index < -0.39 is 0 Å². The molecule has 1 saturated carbocycles. The van der Waals surface area contributed by atoms with E-state index in [0.29, 0.717) is 6.54 Å². The Hall–Kier alpha value is -1.46. The van der Waals surface area contributed by atoms with Gasteiger partial charge in [0.05, 0.1) is 10.2 Å². The van der Waals surface area contributed by atoms with Crippen molar-refractivity contribution in [2.75, 3.05) is 32.1 Å². The highest BCUT2D eigenvalue weighted by atomic mass is 32.1. The number of thiazole rings is 1. The third-order valence-electron chi connectivity index (χ3n) is 4.25. The van der Waals surface area contributed by atoms with E-state index in [1.165, 1.54) is 12.8 Å². The molecule has 4 nitrogen and oxygen atoms in total. The number of aromatic nitrogens is 1. The molecule has 0 N–H and O–H groups in total. The van der Waals surface area contributed by atoms with Crippen LogP contribution in [0.2, 0.25) is 0 Å². The maximum atomic E-state index is 12.9. The summed E-state index contributed by atoms with van der Waals surface area (Å²) in [6.45, 7) is 1.57. The topological polar surface area (TPSA) is 36.4 Å². The molecule has 118 valence electrons. The Balaban J connectivity index is 1.87. The number of anilines is 1. The van der Waals surface area contributed by atoms with Gasteiger partial charge in [-0.25, -0.2) is 4.98 Å². The van der Waals surface area contributed by atoms with E-state index in [9.17, 15) is 4.79 Å². The molecule has 1 amide bonds. The molecule has 0 atom stereocenters. The summed E-state index contributed by atoms with van der Waals surface area (Å²) in [7, 11) is 4.08. The van der Waals surface area contributed by atoms with Crippen LogP contribution in [0.4, 0.5) is 5.13 Å². The van der Waals surface area contributed by atoms with Gasteiger partial charge in [-0.05, 0) is 39.1 Å². The molecule has 0 saturated heterocycles. The molecule has 1 heterocycles. The minimum Gasteiger partial charge on any atom is -0.308 e. The maximum Gasteiger partial charge on any atom is 0.231 e. The van der Waals surface area contributed by atoms with E-state index >= 15 is 0 Å². The van der Waals surface area contributed by atoms with Crippen LogP contribution < -0.4 is 4.90 Å². The number of hydrogen-bond acceptors (Lipinski definition) is 4. The zero-order valence-corrected chi connectivity index (χ0v) is 14.1. The fraction of sp³-hybridized carbons (Fsp3) is 0.529. The molecule has 5 heteroatoms. The second-order valence-corrected chi connectivity index (χ2v) is 7.25. The predicted octanol–water partition coefficient (Wildman–Crippen LogP) is 3.38. The van der Waals surface area contributed by atoms with Crippen molar-refractivity contribution in [2.24, 2.45) is 5.92 Å². The Bertz CT molecular complexity index is 613. The van der Waals surface area contributed by atoms with Crippen molar-refractivity contribution in [1.29, 1.82) is 0 Å². The summed E-state index contributed by atoms with van der Waals surface area (Å²) in [5, 5.41) is 0.847. The molecule has 0 aliphatic heterocycles. The van der Waals surface area contributed by atoms with E-state index in [0.717, 1.165) is 34.7 Å². The van der Waals surface area contributed by atoms with Crippen molar-refractivity contribution in [3.63, 3.8) is 0 Å². The number of likely N-dealkylation sites (N-methyl/N-ethyl adjacent to an activating group) is 1. The highest BCUT2D eigenvalue weighted by Crippen LogP contribution is 2.32. The quantitative estimate of drug-likeness (QED) is 0.848. The van der Waals surface area contributed by atoms with Crippen LogP contribution in [0, 0.1) is 5.92 Å². The first-order valence-electron chi connectivity index (χ1n) is 7.97. The molecular formula is C17H23N3OS. The average Bonchev–Trinajstić information content (AvgIpc) is 3.16. The molecule has 1 aromatic carbocycles. The molecular weight excluding hydrogens is 294 g/mol. The van der Waals surface area contributed by atoms with Gasteiger partial charge in [0.15, 0.2) is 5.13 Å². The van der Waals surface area contributed by atoms with Crippen LogP contribution in [0.1, 0.15) is 25.7 Å². The van der Waals surface area contributed by atoms with Crippen LogP contribution >= 0.6 is 11.3 Å². The van der Waals surface area contributed by atoms with Crippen LogP contribution in [0.15, 0.2) is 24.3 Å². The fourth-order valence-electron chi connectivity index (χ4n) is 2.97. The van der Waals surface area contributed by atoms with E-state index in [1.807, 2.05) is 37.2 Å². The lowest BCUT2D eigenvalue weighted by Crippen LogP contribution is -2.39. The summed E-state index contributed by atoms with van der Waals surface area (Å²) in [5.74, 6) is 0.451. The van der Waals surface area contributed by atoms with Gasteiger partial charge >= 0.3 is 0 Å². The predicted molar refractivity (Wildman–Crippen MR) is 92.5 cm³/mol. The highest BCUT2D eigenvalue weighted by Gasteiger charge is 2.29. The van der Waals surface area contributed by atoms with Crippen molar-refractivity contribution in [3.8, 4) is 0 Å². The monoisotopic (exact) mass is 317 g/mol. The lowest BCUT2D eigenvalue weighted by Gasteiger charge is -2.24. The van der Waals surface area contributed by atoms with Crippen LogP contribution in [0.3, 0.4) is 0 Å². The molecule has 22 heavy (non-hydrogen) atoms. The normalized spacial score (nSPS) is 15.8. The smallest absolute Gasteiger partial charge is 0.231 e. The van der Waals surface area contributed by atoms with Crippen molar-refractivity contribution in [3.05, 3.63) is 24.3 Å². The summed E-state index contributed by atoms with van der Waals surface area (Å²) in [6.07, 6.45) is 4.42. The Morgan fingerprint density at radius 1 is 1.23 bits per heavy atom. The molecule has 1 aromatic heterocycles. The van der Waals surface area contributed by atoms with E-state index in [-0.39, 0.29) is 11.8 Å². The molecule has 3 rings (SSSR count). The molecule has 1 aliphatic rings. The number of amides is 1. The zero-order chi connectivity index (χ0) is 15.5. The molecule has 0 bridgehead atoms. The SMILES string of the molecule is CN(C)CCN(C(=O)C1CCCC1)c1nc2ccccc2s1. The number of nitrogens with zero attached hydrogens (tertiary/aromatic N) is 3. The number of benzene rings is 1. The number of para-hydroxylation sites is 1. The Morgan fingerprint density at radius 2 is 1.95 bits per heavy atom. The van der Waals surface area contributed by atoms with Crippen molar-refractivity contribution >= 4 is 32.6 Å². The first-order valence-corrected chi connectivity index (χ1v) is 8.78. The minimum atomic E-state index is 0.189. The molecule has 1 fully saturated rings. The lowest BCUT2D eigenvalue weighted by molar-refractivity contribution is -0.122. The molecule has 0 unspecified atom stereocenters. The van der Waals surface area contributed by atoms with Gasteiger partial charge in [0, 0.05) is 19.0 Å². The van der Waals surface area contributed by atoms with Gasteiger partial charge in [-0.3, -0.25) is 9.69 Å². The maximum absolute atomic E-state index is 12.9. The van der Waals surface area contributed by atoms with Crippen LogP contribution in [-0.4, -0.2) is 43.0 Å². The van der Waals surface area contributed by atoms with Crippen LogP contribution in [0.5, 0.6) is 0 Å². The van der Waals surface area contributed by atoms with Gasteiger partial charge in [0.25, 0.3) is 0 Å². The Morgan fingerprint density at radius 3 is 2.64 bits per heavy atom. The molecule has 0 radical (unpaired) electrons. The van der Waals surface area contributed by atoms with E-state index in [2.05, 4.69) is 16.0 Å². The minimum absolute atomic E-state index is 0.189. The summed E-state index contributed by atoms with van der Waals surface area (Å²) < 4.78 is 1.14. The Labute approximate surface area is 135 Å². The van der Waals surface area contributed by atoms with Crippen LogP contribution in [0.25, 0.3) is 10.2 Å². The lowest BCUT2D eigenvalue weighted by atomic mass is 10.1. The van der Waals surface area contributed by atoms with Gasteiger partial charge in [0.1, 0.15) is 0 Å². The Kier molecular flexibility index (Phi) is 4.74. The number of fused-ring (bicyclic) bond motifs is 1. The largest absolute Gasteiger partial charge is 0.308 e. The second-order valence-electron chi connectivity index (χ2n) is 6.24. The molecule has 0 spiro atoms. The fourth-order valence-corrected chi connectivity index (χ4v) is 3.97. The first kappa shape index (κ1) is 15.4. The van der Waals surface area contributed by atoms with E-state index in [4.69, 9.17) is 0 Å². The molecule has 2 aromatic rings. The number of hydrogen-bond donors (Lipinski definition) is 0. The number of carbonyl (C=O) groups excluding carboxylic acids is 1. The first-order chi connectivity index (χ1) is 10.6. The van der Waals surface area contributed by atoms with Gasteiger partial charge in [-0.15, -0.1) is 0 Å². The van der Waals surface area contributed by atoms with E-state index in [1.54, 1.807) is 11.3 Å². The summed E-state index contributed by atoms with van der Waals surface area (Å²) in [6, 6.07) is 8.10. The number of rotatable bonds is 5. The standard InChI is InChI=1S/C17H23N3OS/c1-19(2)11-12-20(16(21)13-7-3-4-8-13)17-18-14-9-5-6-10-15(14)22-17/h5-6,9-10,13H,3-4,7-8,11-12H2,1-2H3. The summed E-state index contributed by atoms with van der Waals surface area (Å²) in [4.78, 5) is 21.6. The van der Waals surface area contributed by atoms with Crippen LogP contribution in [-0.2, 0) is 4.79 Å². The third-order valence-corrected chi connectivity index (χ3v) is 5.31. The van der Waals surface area contributed by atoms with Crippen molar-refractivity contribution < 1.29 is 4.79 Å². The van der Waals surface area contributed by atoms with Gasteiger partial charge in [0.2, 0.25) is 5.91 Å². The van der Waals surface area contributed by atoms with Gasteiger partial charge in [-0.1, -0.05) is 36.3 Å². The average molecular weight is 317 g/mol. The van der Waals surface area contributed by atoms with Crippen molar-refractivity contribution in [1.82, 2.24) is 9.88 Å². The third kappa shape index (κ3) is 3.31. The number of carbonyl (C=O) groups is 1. The summed E-state index contributed by atoms with van der Waals surface area (Å²) in [5.41, 5.74) is 0.983. The second kappa shape index (κ2) is 6.75. The summed E-state index contributed by atoms with van der Waals surface area (Å²) >= 11 is 1.62. The zero-order valence-electron chi connectivity index (χ0n) is 13.3. The van der Waals surface area contributed by atoms with Gasteiger partial charge < -0.3 is 4.90 Å².